The zero-order valence-electron chi connectivity index (χ0n) is 15.5. The SMILES string of the molecule is O=C(Cn1c2c(c(-c3ccccc3Cl)cc1=O)CCC2)N1CCCCCC1. The molecule has 1 aliphatic heterocycles. The first-order chi connectivity index (χ1) is 13.1. The van der Waals surface area contributed by atoms with Gasteiger partial charge in [-0.15, -0.1) is 0 Å². The van der Waals surface area contributed by atoms with Crippen LogP contribution in [0.2, 0.25) is 5.02 Å². The zero-order valence-corrected chi connectivity index (χ0v) is 16.3. The minimum absolute atomic E-state index is 0.0681. The highest BCUT2D eigenvalue weighted by atomic mass is 35.5. The first-order valence-corrected chi connectivity index (χ1v) is 10.3. The number of likely N-dealkylation sites (tertiary alicyclic amines) is 1. The van der Waals surface area contributed by atoms with E-state index in [9.17, 15) is 9.59 Å². The quantitative estimate of drug-likeness (QED) is 0.800. The zero-order chi connectivity index (χ0) is 18.8. The predicted molar refractivity (Wildman–Crippen MR) is 108 cm³/mol. The van der Waals surface area contributed by atoms with Crippen LogP contribution in [-0.2, 0) is 24.2 Å². The van der Waals surface area contributed by atoms with Gasteiger partial charge in [0.1, 0.15) is 6.54 Å². The van der Waals surface area contributed by atoms with Crippen molar-refractivity contribution in [3.05, 3.63) is 57.0 Å². The van der Waals surface area contributed by atoms with Crippen LogP contribution in [0, 0.1) is 0 Å². The van der Waals surface area contributed by atoms with Crippen molar-refractivity contribution in [3.63, 3.8) is 0 Å². The average Bonchev–Trinajstić information content (AvgIpc) is 2.98. The molecule has 4 rings (SSSR count). The summed E-state index contributed by atoms with van der Waals surface area (Å²) in [5.74, 6) is 0.0681. The van der Waals surface area contributed by atoms with Crippen LogP contribution in [0.3, 0.4) is 0 Å². The van der Waals surface area contributed by atoms with Crippen LogP contribution in [0.15, 0.2) is 35.1 Å². The molecule has 1 aromatic carbocycles. The third-order valence-corrected chi connectivity index (χ3v) is 6.12. The van der Waals surface area contributed by atoms with E-state index in [0.29, 0.717) is 5.02 Å². The summed E-state index contributed by atoms with van der Waals surface area (Å²) >= 11 is 6.38. The fourth-order valence-electron chi connectivity index (χ4n) is 4.39. The summed E-state index contributed by atoms with van der Waals surface area (Å²) in [6.45, 7) is 1.78. The van der Waals surface area contributed by atoms with E-state index in [1.165, 1.54) is 18.4 Å². The minimum Gasteiger partial charge on any atom is -0.341 e. The maximum atomic E-state index is 12.9. The van der Waals surface area contributed by atoms with Crippen LogP contribution in [0.4, 0.5) is 0 Å². The van der Waals surface area contributed by atoms with E-state index in [1.807, 2.05) is 29.2 Å². The molecule has 2 heterocycles. The van der Waals surface area contributed by atoms with Crippen molar-refractivity contribution in [3.8, 4) is 11.1 Å². The molecule has 2 aromatic rings. The Labute approximate surface area is 164 Å². The summed E-state index contributed by atoms with van der Waals surface area (Å²) in [7, 11) is 0. The van der Waals surface area contributed by atoms with Crippen LogP contribution in [-0.4, -0.2) is 28.5 Å². The second kappa shape index (κ2) is 7.89. The van der Waals surface area contributed by atoms with Crippen molar-refractivity contribution in [2.45, 2.75) is 51.5 Å². The molecule has 1 aromatic heterocycles. The predicted octanol–water partition coefficient (Wildman–Crippen LogP) is 4.06. The van der Waals surface area contributed by atoms with Crippen molar-refractivity contribution >= 4 is 17.5 Å². The lowest BCUT2D eigenvalue weighted by atomic mass is 9.99. The summed E-state index contributed by atoms with van der Waals surface area (Å²) in [5.41, 5.74) is 3.91. The highest BCUT2D eigenvalue weighted by Gasteiger charge is 2.24. The second-order valence-electron chi connectivity index (χ2n) is 7.54. The van der Waals surface area contributed by atoms with Crippen molar-refractivity contribution in [2.75, 3.05) is 13.1 Å². The first-order valence-electron chi connectivity index (χ1n) is 9.93. The molecule has 0 spiro atoms. The standard InChI is InChI=1S/C22H25ClN2O2/c23-19-10-4-3-8-16(19)18-14-21(26)25(20-11-7-9-17(18)20)15-22(27)24-12-5-1-2-6-13-24/h3-4,8,10,14H,1-2,5-7,9,11-13,15H2. The van der Waals surface area contributed by atoms with Crippen LogP contribution in [0.25, 0.3) is 11.1 Å². The van der Waals surface area contributed by atoms with Gasteiger partial charge < -0.3 is 9.47 Å². The van der Waals surface area contributed by atoms with Gasteiger partial charge in [-0.25, -0.2) is 0 Å². The number of hydrogen-bond acceptors (Lipinski definition) is 2. The fourth-order valence-corrected chi connectivity index (χ4v) is 4.62. The molecule has 142 valence electrons. The molecular weight excluding hydrogens is 360 g/mol. The number of carbonyl (C=O) groups is 1. The molecule has 0 radical (unpaired) electrons. The maximum Gasteiger partial charge on any atom is 0.251 e. The summed E-state index contributed by atoms with van der Waals surface area (Å²) in [4.78, 5) is 27.7. The van der Waals surface area contributed by atoms with Gasteiger partial charge in [-0.05, 0) is 49.3 Å². The molecule has 2 aliphatic rings. The normalized spacial score (nSPS) is 16.9. The largest absolute Gasteiger partial charge is 0.341 e. The van der Waals surface area contributed by atoms with Gasteiger partial charge in [0, 0.05) is 35.4 Å². The Balaban J connectivity index is 1.69. The molecule has 27 heavy (non-hydrogen) atoms. The number of benzene rings is 1. The molecule has 5 heteroatoms. The Kier molecular flexibility index (Phi) is 5.35. The Morgan fingerprint density at radius 1 is 0.963 bits per heavy atom. The average molecular weight is 385 g/mol. The minimum atomic E-state index is -0.103. The maximum absolute atomic E-state index is 12.9. The Hall–Kier alpha value is -2.07. The molecule has 0 atom stereocenters. The topological polar surface area (TPSA) is 42.3 Å². The summed E-state index contributed by atoms with van der Waals surface area (Å²) in [5, 5.41) is 0.657. The highest BCUT2D eigenvalue weighted by Crippen LogP contribution is 2.34. The summed E-state index contributed by atoms with van der Waals surface area (Å²) < 4.78 is 1.70. The first kappa shape index (κ1) is 18.3. The van der Waals surface area contributed by atoms with Crippen molar-refractivity contribution in [1.29, 1.82) is 0 Å². The van der Waals surface area contributed by atoms with Crippen molar-refractivity contribution < 1.29 is 4.79 Å². The van der Waals surface area contributed by atoms with Crippen LogP contribution in [0.1, 0.15) is 43.4 Å². The lowest BCUT2D eigenvalue weighted by molar-refractivity contribution is -0.131. The molecule has 1 aliphatic carbocycles. The van der Waals surface area contributed by atoms with E-state index in [0.717, 1.165) is 62.0 Å². The molecule has 1 saturated heterocycles. The van der Waals surface area contributed by atoms with E-state index in [2.05, 4.69) is 0 Å². The number of halogens is 1. The summed E-state index contributed by atoms with van der Waals surface area (Å²) in [6, 6.07) is 9.32. The highest BCUT2D eigenvalue weighted by molar-refractivity contribution is 6.33. The van der Waals surface area contributed by atoms with Crippen molar-refractivity contribution in [1.82, 2.24) is 9.47 Å². The smallest absolute Gasteiger partial charge is 0.251 e. The fraction of sp³-hybridized carbons (Fsp3) is 0.455. The van der Waals surface area contributed by atoms with E-state index in [-0.39, 0.29) is 18.0 Å². The lowest BCUT2D eigenvalue weighted by Gasteiger charge is -2.22. The molecule has 4 nitrogen and oxygen atoms in total. The number of carbonyl (C=O) groups excluding carboxylic acids is 1. The molecule has 0 bridgehead atoms. The van der Waals surface area contributed by atoms with Crippen LogP contribution < -0.4 is 5.56 Å². The molecule has 1 fully saturated rings. The van der Waals surface area contributed by atoms with Gasteiger partial charge in [0.2, 0.25) is 5.91 Å². The van der Waals surface area contributed by atoms with Gasteiger partial charge in [0.25, 0.3) is 5.56 Å². The van der Waals surface area contributed by atoms with Crippen LogP contribution >= 0.6 is 11.6 Å². The van der Waals surface area contributed by atoms with Gasteiger partial charge >= 0.3 is 0 Å². The van der Waals surface area contributed by atoms with E-state index in [4.69, 9.17) is 11.6 Å². The monoisotopic (exact) mass is 384 g/mol. The van der Waals surface area contributed by atoms with Gasteiger partial charge in [0.05, 0.1) is 0 Å². The molecular formula is C22H25ClN2O2. The number of hydrogen-bond donors (Lipinski definition) is 0. The second-order valence-corrected chi connectivity index (χ2v) is 7.94. The number of amides is 1. The third-order valence-electron chi connectivity index (χ3n) is 5.79. The number of fused-ring (bicyclic) bond motifs is 1. The number of nitrogens with zero attached hydrogens (tertiary/aromatic N) is 2. The number of rotatable bonds is 3. The lowest BCUT2D eigenvalue weighted by Crippen LogP contribution is -2.38. The van der Waals surface area contributed by atoms with Crippen molar-refractivity contribution in [2.24, 2.45) is 0 Å². The molecule has 0 saturated carbocycles. The Morgan fingerprint density at radius 2 is 1.70 bits per heavy atom. The van der Waals surface area contributed by atoms with E-state index in [1.54, 1.807) is 10.6 Å². The van der Waals surface area contributed by atoms with E-state index < -0.39 is 0 Å². The summed E-state index contributed by atoms with van der Waals surface area (Å²) in [6.07, 6.45) is 7.27. The van der Waals surface area contributed by atoms with Gasteiger partial charge in [-0.1, -0.05) is 42.6 Å². The van der Waals surface area contributed by atoms with Gasteiger partial charge in [0.15, 0.2) is 0 Å². The third kappa shape index (κ3) is 3.68. The van der Waals surface area contributed by atoms with E-state index >= 15 is 0 Å². The number of aromatic nitrogens is 1. The molecule has 0 unspecified atom stereocenters. The Bertz CT molecular complexity index is 911. The van der Waals surface area contributed by atoms with Gasteiger partial charge in [-0.3, -0.25) is 9.59 Å². The van der Waals surface area contributed by atoms with Crippen LogP contribution in [0.5, 0.6) is 0 Å². The van der Waals surface area contributed by atoms with Gasteiger partial charge in [-0.2, -0.15) is 0 Å². The molecule has 0 N–H and O–H groups in total. The molecule has 1 amide bonds. The Morgan fingerprint density at radius 3 is 2.44 bits per heavy atom. The number of pyridine rings is 1.